The van der Waals surface area contributed by atoms with Crippen molar-refractivity contribution in [3.63, 3.8) is 0 Å². The van der Waals surface area contributed by atoms with Crippen LogP contribution in [0.25, 0.3) is 11.4 Å². The zero-order valence-corrected chi connectivity index (χ0v) is 20.3. The van der Waals surface area contributed by atoms with E-state index in [-0.39, 0.29) is 10.7 Å². The molecule has 1 aliphatic rings. The fraction of sp³-hybridized carbons (Fsp3) is 0.391. The van der Waals surface area contributed by atoms with Crippen LogP contribution in [0.4, 0.5) is 4.39 Å². The van der Waals surface area contributed by atoms with Crippen LogP contribution in [0.1, 0.15) is 19.4 Å². The van der Waals surface area contributed by atoms with Gasteiger partial charge in [-0.2, -0.15) is 4.31 Å². The Morgan fingerprint density at radius 1 is 1.09 bits per heavy atom. The summed E-state index contributed by atoms with van der Waals surface area (Å²) in [4.78, 5) is 0.217. The molecule has 1 fully saturated rings. The Kier molecular flexibility index (Phi) is 7.48. The fourth-order valence-corrected chi connectivity index (χ4v) is 5.84. The molecule has 0 radical (unpaired) electrons. The number of sulfonamides is 1. The molecule has 0 N–H and O–H groups in total. The third-order valence-electron chi connectivity index (χ3n) is 5.22. The van der Waals surface area contributed by atoms with Gasteiger partial charge in [0, 0.05) is 24.4 Å². The summed E-state index contributed by atoms with van der Waals surface area (Å²) >= 11 is 1.60. The van der Waals surface area contributed by atoms with E-state index in [1.54, 1.807) is 42.1 Å². The zero-order valence-electron chi connectivity index (χ0n) is 18.6. The Hall–Kier alpha value is -2.27. The third kappa shape index (κ3) is 5.63. The summed E-state index contributed by atoms with van der Waals surface area (Å²) in [5.41, 5.74) is 1.57. The lowest BCUT2D eigenvalue weighted by atomic mass is 10.2. The van der Waals surface area contributed by atoms with Gasteiger partial charge in [0.2, 0.25) is 10.0 Å². The van der Waals surface area contributed by atoms with E-state index in [1.807, 2.05) is 10.6 Å². The summed E-state index contributed by atoms with van der Waals surface area (Å²) in [7, 11) is -3.63. The van der Waals surface area contributed by atoms with E-state index < -0.39 is 10.0 Å². The summed E-state index contributed by atoms with van der Waals surface area (Å²) in [6.07, 6.45) is 0. The molecule has 1 aromatic heterocycles. The van der Waals surface area contributed by atoms with Gasteiger partial charge in [0.05, 0.1) is 24.7 Å². The van der Waals surface area contributed by atoms with Crippen LogP contribution in [0.2, 0.25) is 0 Å². The number of rotatable bonds is 8. The fourth-order valence-electron chi connectivity index (χ4n) is 3.50. The average molecular weight is 491 g/mol. The van der Waals surface area contributed by atoms with E-state index in [0.717, 1.165) is 16.5 Å². The highest BCUT2D eigenvalue weighted by Gasteiger charge is 2.27. The minimum absolute atomic E-state index is 0.217. The lowest BCUT2D eigenvalue weighted by Gasteiger charge is -2.26. The first-order valence-corrected chi connectivity index (χ1v) is 13.3. The number of aromatic nitrogens is 3. The Bertz CT molecular complexity index is 1190. The van der Waals surface area contributed by atoms with Crippen LogP contribution in [0.5, 0.6) is 0 Å². The molecule has 33 heavy (non-hydrogen) atoms. The van der Waals surface area contributed by atoms with Gasteiger partial charge in [0.15, 0.2) is 11.0 Å². The van der Waals surface area contributed by atoms with Crippen molar-refractivity contribution in [1.82, 2.24) is 19.1 Å². The SMILES string of the molecule is CC(C)CSc1nnc(-c2cccc(S(=O)(=O)N3CCOCC3)c2)n1Cc1ccc(F)cc1. The van der Waals surface area contributed by atoms with E-state index in [1.165, 1.54) is 16.4 Å². The molecular weight excluding hydrogens is 463 g/mol. The molecule has 3 aromatic rings. The van der Waals surface area contributed by atoms with Gasteiger partial charge >= 0.3 is 0 Å². The molecule has 7 nitrogen and oxygen atoms in total. The number of hydrogen-bond acceptors (Lipinski definition) is 6. The van der Waals surface area contributed by atoms with Gasteiger partial charge in [-0.05, 0) is 35.7 Å². The highest BCUT2D eigenvalue weighted by molar-refractivity contribution is 7.99. The first kappa shape index (κ1) is 23.9. The number of nitrogens with zero attached hydrogens (tertiary/aromatic N) is 4. The number of morpholine rings is 1. The summed E-state index contributed by atoms with van der Waals surface area (Å²) in [5, 5.41) is 9.53. The van der Waals surface area contributed by atoms with Gasteiger partial charge in [-0.3, -0.25) is 4.57 Å². The Morgan fingerprint density at radius 2 is 1.82 bits per heavy atom. The second kappa shape index (κ2) is 10.3. The summed E-state index contributed by atoms with van der Waals surface area (Å²) in [6, 6.07) is 13.1. The molecule has 0 unspecified atom stereocenters. The second-order valence-corrected chi connectivity index (χ2v) is 11.2. The molecule has 0 bridgehead atoms. The maximum absolute atomic E-state index is 13.4. The smallest absolute Gasteiger partial charge is 0.243 e. The van der Waals surface area contributed by atoms with Crippen molar-refractivity contribution in [3.05, 3.63) is 59.9 Å². The average Bonchev–Trinajstić information content (AvgIpc) is 3.22. The molecule has 0 spiro atoms. The van der Waals surface area contributed by atoms with Crippen LogP contribution < -0.4 is 0 Å². The largest absolute Gasteiger partial charge is 0.379 e. The topological polar surface area (TPSA) is 77.3 Å². The van der Waals surface area contributed by atoms with E-state index >= 15 is 0 Å². The second-order valence-electron chi connectivity index (χ2n) is 8.27. The van der Waals surface area contributed by atoms with Crippen molar-refractivity contribution >= 4 is 21.8 Å². The van der Waals surface area contributed by atoms with Crippen molar-refractivity contribution in [1.29, 1.82) is 0 Å². The minimum Gasteiger partial charge on any atom is -0.379 e. The lowest BCUT2D eigenvalue weighted by Crippen LogP contribution is -2.40. The van der Waals surface area contributed by atoms with Crippen molar-refractivity contribution in [3.8, 4) is 11.4 Å². The van der Waals surface area contributed by atoms with Gasteiger partial charge < -0.3 is 4.74 Å². The number of benzene rings is 2. The highest BCUT2D eigenvalue weighted by Crippen LogP contribution is 2.28. The maximum atomic E-state index is 13.4. The van der Waals surface area contributed by atoms with E-state index in [2.05, 4.69) is 24.0 Å². The van der Waals surface area contributed by atoms with Crippen molar-refractivity contribution in [2.75, 3.05) is 32.1 Å². The third-order valence-corrected chi connectivity index (χ3v) is 8.50. The van der Waals surface area contributed by atoms with Gasteiger partial charge in [0.1, 0.15) is 5.82 Å². The van der Waals surface area contributed by atoms with Crippen LogP contribution in [-0.2, 0) is 21.3 Å². The number of hydrogen-bond donors (Lipinski definition) is 0. The van der Waals surface area contributed by atoms with Crippen LogP contribution in [0.15, 0.2) is 58.6 Å². The van der Waals surface area contributed by atoms with Gasteiger partial charge in [-0.1, -0.05) is 49.9 Å². The molecule has 10 heteroatoms. The van der Waals surface area contributed by atoms with E-state index in [0.29, 0.717) is 50.2 Å². The molecule has 0 saturated carbocycles. The van der Waals surface area contributed by atoms with Crippen LogP contribution in [0.3, 0.4) is 0 Å². The Morgan fingerprint density at radius 3 is 2.52 bits per heavy atom. The van der Waals surface area contributed by atoms with Gasteiger partial charge in [-0.15, -0.1) is 10.2 Å². The van der Waals surface area contributed by atoms with Crippen molar-refractivity contribution in [2.45, 2.75) is 30.4 Å². The lowest BCUT2D eigenvalue weighted by molar-refractivity contribution is 0.0730. The molecule has 2 heterocycles. The molecule has 0 atom stereocenters. The van der Waals surface area contributed by atoms with Gasteiger partial charge in [-0.25, -0.2) is 12.8 Å². The van der Waals surface area contributed by atoms with E-state index in [4.69, 9.17) is 4.74 Å². The standard InChI is InChI=1S/C23H27FN4O3S2/c1-17(2)16-32-23-26-25-22(28(23)15-18-6-8-20(24)9-7-18)19-4-3-5-21(14-19)33(29,30)27-10-12-31-13-11-27/h3-9,14,17H,10-13,15-16H2,1-2H3. The maximum Gasteiger partial charge on any atom is 0.243 e. The van der Waals surface area contributed by atoms with Crippen molar-refractivity contribution < 1.29 is 17.5 Å². The predicted molar refractivity (Wildman–Crippen MR) is 126 cm³/mol. The monoisotopic (exact) mass is 490 g/mol. The normalized spacial score (nSPS) is 15.3. The van der Waals surface area contributed by atoms with Gasteiger partial charge in [0.25, 0.3) is 0 Å². The number of ether oxygens (including phenoxy) is 1. The number of thioether (sulfide) groups is 1. The van der Waals surface area contributed by atoms with Crippen LogP contribution in [-0.4, -0.2) is 59.5 Å². The quantitative estimate of drug-likeness (QED) is 0.446. The molecule has 1 aliphatic heterocycles. The summed E-state index contributed by atoms with van der Waals surface area (Å²) in [6.45, 7) is 6.17. The summed E-state index contributed by atoms with van der Waals surface area (Å²) in [5.74, 6) is 1.62. The van der Waals surface area contributed by atoms with E-state index in [9.17, 15) is 12.8 Å². The number of halogens is 1. The van der Waals surface area contributed by atoms with Crippen molar-refractivity contribution in [2.24, 2.45) is 5.92 Å². The zero-order chi connectivity index (χ0) is 23.4. The molecule has 1 saturated heterocycles. The van der Waals surface area contributed by atoms with Crippen LogP contribution in [0, 0.1) is 11.7 Å². The first-order chi connectivity index (χ1) is 15.8. The molecule has 0 amide bonds. The molecule has 2 aromatic carbocycles. The first-order valence-electron chi connectivity index (χ1n) is 10.8. The highest BCUT2D eigenvalue weighted by atomic mass is 32.2. The molecule has 0 aliphatic carbocycles. The molecule has 4 rings (SSSR count). The molecular formula is C23H27FN4O3S2. The predicted octanol–water partition coefficient (Wildman–Crippen LogP) is 3.90. The Balaban J connectivity index is 1.70. The Labute approximate surface area is 198 Å². The van der Waals surface area contributed by atoms with Crippen LogP contribution >= 0.6 is 11.8 Å². The molecule has 176 valence electrons. The summed E-state index contributed by atoms with van der Waals surface area (Å²) < 4.78 is 48.4. The minimum atomic E-state index is -3.63.